The highest BCUT2D eigenvalue weighted by atomic mass is 16.4. The van der Waals surface area contributed by atoms with Crippen LogP contribution in [0.4, 0.5) is 0 Å². The number of amides is 1. The molecule has 2 atom stereocenters. The number of rotatable bonds is 6. The van der Waals surface area contributed by atoms with Gasteiger partial charge in [-0.2, -0.15) is 0 Å². The number of hydrogen-bond acceptors (Lipinski definition) is 3. The zero-order chi connectivity index (χ0) is 20.4. The molecule has 0 spiro atoms. The van der Waals surface area contributed by atoms with E-state index >= 15 is 0 Å². The van der Waals surface area contributed by atoms with Crippen molar-refractivity contribution in [2.75, 3.05) is 6.54 Å². The molecule has 1 fully saturated rings. The van der Waals surface area contributed by atoms with E-state index in [4.69, 9.17) is 10.1 Å². The quantitative estimate of drug-likeness (QED) is 0.684. The molecule has 29 heavy (non-hydrogen) atoms. The number of carbonyl (C=O) groups excluding carboxylic acids is 1. The Kier molecular flexibility index (Phi) is 5.34. The number of carboxylic acids is 1. The summed E-state index contributed by atoms with van der Waals surface area (Å²) in [4.78, 5) is 30.7. The molecule has 3 aromatic rings. The van der Waals surface area contributed by atoms with Gasteiger partial charge in [-0.25, -0.2) is 4.98 Å². The Labute approximate surface area is 169 Å². The lowest BCUT2D eigenvalue weighted by molar-refractivity contribution is -0.138. The molecule has 1 aromatic carbocycles. The van der Waals surface area contributed by atoms with E-state index in [1.54, 1.807) is 0 Å². The molecule has 1 saturated heterocycles. The number of pyridine rings is 1. The Hall–Kier alpha value is -3.15. The largest absolute Gasteiger partial charge is 0.481 e. The summed E-state index contributed by atoms with van der Waals surface area (Å²) < 4.78 is 2.08. The van der Waals surface area contributed by atoms with Gasteiger partial charge in [-0.1, -0.05) is 43.3 Å². The predicted octanol–water partition coefficient (Wildman–Crippen LogP) is 4.17. The van der Waals surface area contributed by atoms with Crippen LogP contribution in [0, 0.1) is 5.92 Å². The number of carboxylic acid groups (broad SMARTS) is 1. The molecule has 0 radical (unpaired) electrons. The van der Waals surface area contributed by atoms with Crippen molar-refractivity contribution in [2.45, 2.75) is 38.6 Å². The van der Waals surface area contributed by atoms with E-state index in [-0.39, 0.29) is 30.7 Å². The molecule has 4 rings (SSSR count). The highest BCUT2D eigenvalue weighted by Crippen LogP contribution is 2.35. The molecule has 6 nitrogen and oxygen atoms in total. The minimum absolute atomic E-state index is 0.00864. The topological polar surface area (TPSA) is 74.9 Å². The van der Waals surface area contributed by atoms with Gasteiger partial charge in [0.2, 0.25) is 5.91 Å². The second-order valence-electron chi connectivity index (χ2n) is 7.79. The van der Waals surface area contributed by atoms with Crippen molar-refractivity contribution in [1.82, 2.24) is 14.3 Å². The number of nitrogens with zero attached hydrogens (tertiary/aromatic N) is 3. The fourth-order valence-corrected chi connectivity index (χ4v) is 4.22. The molecular weight excluding hydrogens is 366 g/mol. The molecule has 2 aromatic heterocycles. The van der Waals surface area contributed by atoms with Crippen LogP contribution in [-0.4, -0.2) is 37.8 Å². The fourth-order valence-electron chi connectivity index (χ4n) is 4.22. The van der Waals surface area contributed by atoms with Gasteiger partial charge in [0.05, 0.1) is 17.3 Å². The third-order valence-electron chi connectivity index (χ3n) is 5.54. The molecule has 3 heterocycles. The number of imidazole rings is 1. The van der Waals surface area contributed by atoms with Crippen LogP contribution in [0.5, 0.6) is 0 Å². The first-order valence-electron chi connectivity index (χ1n) is 10.1. The van der Waals surface area contributed by atoms with Crippen molar-refractivity contribution < 1.29 is 14.7 Å². The number of benzene rings is 1. The number of aromatic nitrogens is 2. The minimum Gasteiger partial charge on any atom is -0.481 e. The number of hydrogen-bond donors (Lipinski definition) is 1. The first-order chi connectivity index (χ1) is 14.0. The van der Waals surface area contributed by atoms with Crippen molar-refractivity contribution in [3.05, 3.63) is 60.6 Å². The van der Waals surface area contributed by atoms with Crippen molar-refractivity contribution in [3.8, 4) is 11.3 Å². The Balaban J connectivity index is 1.67. The lowest BCUT2D eigenvalue weighted by Gasteiger charge is -2.25. The van der Waals surface area contributed by atoms with Crippen LogP contribution in [-0.2, 0) is 9.59 Å². The summed E-state index contributed by atoms with van der Waals surface area (Å²) in [7, 11) is 0. The summed E-state index contributed by atoms with van der Waals surface area (Å²) in [6.07, 6.45) is 4.04. The predicted molar refractivity (Wildman–Crippen MR) is 110 cm³/mol. The smallest absolute Gasteiger partial charge is 0.303 e. The first-order valence-corrected chi connectivity index (χ1v) is 10.1. The molecule has 1 N–H and O–H groups in total. The van der Waals surface area contributed by atoms with Gasteiger partial charge in [0.1, 0.15) is 5.82 Å². The lowest BCUT2D eigenvalue weighted by atomic mass is 10.0. The Bertz CT molecular complexity index is 1030. The average molecular weight is 391 g/mol. The van der Waals surface area contributed by atoms with Gasteiger partial charge in [-0.15, -0.1) is 0 Å². The monoisotopic (exact) mass is 391 g/mol. The van der Waals surface area contributed by atoms with Gasteiger partial charge >= 0.3 is 5.97 Å². The van der Waals surface area contributed by atoms with Crippen LogP contribution in [0.2, 0.25) is 0 Å². The molecule has 1 aliphatic heterocycles. The summed E-state index contributed by atoms with van der Waals surface area (Å²) in [5, 5.41) is 8.98. The maximum absolute atomic E-state index is 12.9. The first kappa shape index (κ1) is 19.2. The molecule has 0 bridgehead atoms. The van der Waals surface area contributed by atoms with Gasteiger partial charge in [-0.05, 0) is 30.9 Å². The van der Waals surface area contributed by atoms with E-state index in [9.17, 15) is 9.59 Å². The van der Waals surface area contributed by atoms with Gasteiger partial charge in [0.15, 0.2) is 0 Å². The summed E-state index contributed by atoms with van der Waals surface area (Å²) in [5.41, 5.74) is 2.99. The molecule has 1 amide bonds. The number of fused-ring (bicyclic) bond motifs is 1. The van der Waals surface area contributed by atoms with E-state index in [1.807, 2.05) is 60.5 Å². The van der Waals surface area contributed by atoms with Crippen LogP contribution in [0.1, 0.15) is 44.5 Å². The third kappa shape index (κ3) is 3.88. The molecule has 2 unspecified atom stereocenters. The van der Waals surface area contributed by atoms with Gasteiger partial charge in [-0.3, -0.25) is 9.59 Å². The Morgan fingerprint density at radius 2 is 1.90 bits per heavy atom. The SMILES string of the molecule is CC(CC(=O)O)CC(=O)N1CCCC1c1nc(-c2ccccc2)c2ccccn12. The van der Waals surface area contributed by atoms with Crippen molar-refractivity contribution in [1.29, 1.82) is 0 Å². The molecule has 1 aliphatic rings. The second kappa shape index (κ2) is 8.07. The molecular formula is C23H25N3O3. The van der Waals surface area contributed by atoms with E-state index in [0.717, 1.165) is 35.4 Å². The van der Waals surface area contributed by atoms with Gasteiger partial charge < -0.3 is 14.4 Å². The number of carbonyl (C=O) groups is 2. The zero-order valence-electron chi connectivity index (χ0n) is 16.5. The van der Waals surface area contributed by atoms with Crippen molar-refractivity contribution in [3.63, 3.8) is 0 Å². The number of likely N-dealkylation sites (tertiary alicyclic amines) is 1. The molecule has 0 saturated carbocycles. The maximum atomic E-state index is 12.9. The van der Waals surface area contributed by atoms with Crippen LogP contribution in [0.3, 0.4) is 0 Å². The third-order valence-corrected chi connectivity index (χ3v) is 5.54. The Morgan fingerprint density at radius 1 is 1.14 bits per heavy atom. The highest BCUT2D eigenvalue weighted by molar-refractivity contribution is 5.80. The van der Waals surface area contributed by atoms with E-state index in [1.165, 1.54) is 0 Å². The normalized spacial score (nSPS) is 17.6. The molecule has 150 valence electrons. The second-order valence-corrected chi connectivity index (χ2v) is 7.79. The van der Waals surface area contributed by atoms with Crippen molar-refractivity contribution >= 4 is 17.4 Å². The maximum Gasteiger partial charge on any atom is 0.303 e. The minimum atomic E-state index is -0.866. The van der Waals surface area contributed by atoms with Gasteiger partial charge in [0.25, 0.3) is 0 Å². The summed E-state index contributed by atoms with van der Waals surface area (Å²) in [6.45, 7) is 2.50. The number of aliphatic carboxylic acids is 1. The zero-order valence-corrected chi connectivity index (χ0v) is 16.5. The average Bonchev–Trinajstić information content (AvgIpc) is 3.32. The summed E-state index contributed by atoms with van der Waals surface area (Å²) in [5.74, 6) is -0.167. The van der Waals surface area contributed by atoms with E-state index in [2.05, 4.69) is 10.5 Å². The molecule has 6 heteroatoms. The van der Waals surface area contributed by atoms with Crippen molar-refractivity contribution in [2.24, 2.45) is 5.92 Å². The van der Waals surface area contributed by atoms with E-state index < -0.39 is 5.97 Å². The Morgan fingerprint density at radius 3 is 2.66 bits per heavy atom. The van der Waals surface area contributed by atoms with E-state index in [0.29, 0.717) is 6.54 Å². The molecule has 0 aliphatic carbocycles. The van der Waals surface area contributed by atoms with Crippen LogP contribution in [0.25, 0.3) is 16.8 Å². The summed E-state index contributed by atoms with van der Waals surface area (Å²) >= 11 is 0. The van der Waals surface area contributed by atoms with Crippen LogP contribution >= 0.6 is 0 Å². The fraction of sp³-hybridized carbons (Fsp3) is 0.348. The van der Waals surface area contributed by atoms with Gasteiger partial charge in [0, 0.05) is 31.1 Å². The van der Waals surface area contributed by atoms with Crippen LogP contribution in [0.15, 0.2) is 54.7 Å². The highest BCUT2D eigenvalue weighted by Gasteiger charge is 2.34. The van der Waals surface area contributed by atoms with Crippen LogP contribution < -0.4 is 0 Å². The standard InChI is InChI=1S/C23H25N3O3/c1-16(15-21(28)29)14-20(27)25-13-7-11-19(25)23-24-22(17-8-3-2-4-9-17)18-10-5-6-12-26(18)23/h2-6,8-10,12,16,19H,7,11,13-15H2,1H3,(H,28,29). The summed E-state index contributed by atoms with van der Waals surface area (Å²) in [6, 6.07) is 16.0. The lowest BCUT2D eigenvalue weighted by Crippen LogP contribution is -2.32.